The first kappa shape index (κ1) is 16.7. The van der Waals surface area contributed by atoms with Crippen molar-refractivity contribution < 1.29 is 23.0 Å². The Labute approximate surface area is 133 Å². The first-order valence-electron chi connectivity index (χ1n) is 6.99. The third kappa shape index (κ3) is 4.18. The lowest BCUT2D eigenvalue weighted by atomic mass is 10.1. The van der Waals surface area contributed by atoms with Crippen LogP contribution >= 0.6 is 0 Å². The van der Waals surface area contributed by atoms with E-state index < -0.39 is 17.5 Å². The molecule has 0 bridgehead atoms. The summed E-state index contributed by atoms with van der Waals surface area (Å²) >= 11 is 0. The second-order valence-electron chi connectivity index (χ2n) is 4.82. The molecule has 0 unspecified atom stereocenters. The highest BCUT2D eigenvalue weighted by Gasteiger charge is 2.10. The molecule has 0 radical (unpaired) electrons. The van der Waals surface area contributed by atoms with E-state index in [1.165, 1.54) is 6.07 Å². The summed E-state index contributed by atoms with van der Waals surface area (Å²) in [7, 11) is 3.10. The average Bonchev–Trinajstić information content (AvgIpc) is 2.57. The van der Waals surface area contributed by atoms with Gasteiger partial charge in [0, 0.05) is 12.1 Å². The van der Waals surface area contributed by atoms with Crippen LogP contribution in [0, 0.1) is 11.6 Å². The van der Waals surface area contributed by atoms with Gasteiger partial charge in [0.15, 0.2) is 23.1 Å². The molecule has 0 atom stereocenters. The summed E-state index contributed by atoms with van der Waals surface area (Å²) in [5, 5.41) is 2.66. The van der Waals surface area contributed by atoms with E-state index in [4.69, 9.17) is 9.47 Å². The molecule has 0 aromatic heterocycles. The fraction of sp³-hybridized carbons (Fsp3) is 0.235. The standard InChI is InChI=1S/C17H17F2NO3/c1-22-15-6-3-11(9-16(15)23-2)7-8-20-17(21)12-4-5-13(18)14(19)10-12/h3-6,9-10H,7-8H2,1-2H3,(H,20,21). The number of nitrogens with one attached hydrogen (secondary N) is 1. The summed E-state index contributed by atoms with van der Waals surface area (Å²) in [6.07, 6.45) is 0.565. The molecule has 0 heterocycles. The van der Waals surface area contributed by atoms with Gasteiger partial charge in [0.2, 0.25) is 0 Å². The zero-order valence-corrected chi connectivity index (χ0v) is 12.9. The summed E-state index contributed by atoms with van der Waals surface area (Å²) < 4.78 is 36.3. The zero-order valence-electron chi connectivity index (χ0n) is 12.9. The number of carbonyl (C=O) groups excluding carboxylic acids is 1. The van der Waals surface area contributed by atoms with Crippen molar-refractivity contribution in [3.63, 3.8) is 0 Å². The number of rotatable bonds is 6. The van der Waals surface area contributed by atoms with Gasteiger partial charge in [-0.1, -0.05) is 6.07 Å². The smallest absolute Gasteiger partial charge is 0.251 e. The maximum absolute atomic E-state index is 13.1. The Morgan fingerprint density at radius 1 is 1.00 bits per heavy atom. The Morgan fingerprint density at radius 3 is 2.39 bits per heavy atom. The maximum Gasteiger partial charge on any atom is 0.251 e. The summed E-state index contributed by atoms with van der Waals surface area (Å²) in [4.78, 5) is 11.9. The van der Waals surface area contributed by atoms with E-state index in [-0.39, 0.29) is 5.56 Å². The number of carbonyl (C=O) groups is 1. The van der Waals surface area contributed by atoms with Gasteiger partial charge in [-0.15, -0.1) is 0 Å². The molecule has 2 rings (SSSR count). The summed E-state index contributed by atoms with van der Waals surface area (Å²) in [5.41, 5.74) is 1.03. The van der Waals surface area contributed by atoms with Gasteiger partial charge in [-0.3, -0.25) is 4.79 Å². The van der Waals surface area contributed by atoms with Crippen LogP contribution in [0.1, 0.15) is 15.9 Å². The highest BCUT2D eigenvalue weighted by Crippen LogP contribution is 2.27. The fourth-order valence-electron chi connectivity index (χ4n) is 2.10. The van der Waals surface area contributed by atoms with Crippen LogP contribution in [0.3, 0.4) is 0 Å². The molecule has 0 aliphatic carbocycles. The van der Waals surface area contributed by atoms with Crippen molar-refractivity contribution in [1.82, 2.24) is 5.32 Å². The highest BCUT2D eigenvalue weighted by molar-refractivity contribution is 5.94. The molecule has 2 aromatic rings. The van der Waals surface area contributed by atoms with Crippen LogP contribution < -0.4 is 14.8 Å². The van der Waals surface area contributed by atoms with Gasteiger partial charge >= 0.3 is 0 Å². The van der Waals surface area contributed by atoms with Crippen molar-refractivity contribution in [2.75, 3.05) is 20.8 Å². The lowest BCUT2D eigenvalue weighted by molar-refractivity contribution is 0.0953. The number of methoxy groups -OCH3 is 2. The number of amides is 1. The molecule has 2 aromatic carbocycles. The van der Waals surface area contributed by atoms with Crippen molar-refractivity contribution in [2.45, 2.75) is 6.42 Å². The minimum atomic E-state index is -1.04. The Morgan fingerprint density at radius 2 is 1.74 bits per heavy atom. The Kier molecular flexibility index (Phi) is 5.51. The quantitative estimate of drug-likeness (QED) is 0.890. The zero-order chi connectivity index (χ0) is 16.8. The van der Waals surface area contributed by atoms with Crippen molar-refractivity contribution in [2.24, 2.45) is 0 Å². The monoisotopic (exact) mass is 321 g/mol. The van der Waals surface area contributed by atoms with E-state index in [0.29, 0.717) is 24.5 Å². The van der Waals surface area contributed by atoms with E-state index in [1.54, 1.807) is 20.3 Å². The van der Waals surface area contributed by atoms with Crippen LogP contribution in [0.2, 0.25) is 0 Å². The Balaban J connectivity index is 1.94. The van der Waals surface area contributed by atoms with Gasteiger partial charge in [-0.25, -0.2) is 8.78 Å². The minimum Gasteiger partial charge on any atom is -0.493 e. The van der Waals surface area contributed by atoms with E-state index in [9.17, 15) is 13.6 Å². The predicted molar refractivity (Wildman–Crippen MR) is 81.9 cm³/mol. The van der Waals surface area contributed by atoms with Gasteiger partial charge in [-0.2, -0.15) is 0 Å². The molecule has 0 aliphatic rings. The van der Waals surface area contributed by atoms with Crippen LogP contribution in [-0.2, 0) is 6.42 Å². The van der Waals surface area contributed by atoms with Crippen molar-refractivity contribution in [3.05, 3.63) is 59.2 Å². The van der Waals surface area contributed by atoms with E-state index in [1.807, 2.05) is 12.1 Å². The topological polar surface area (TPSA) is 47.6 Å². The van der Waals surface area contributed by atoms with Crippen molar-refractivity contribution >= 4 is 5.91 Å². The van der Waals surface area contributed by atoms with Crippen molar-refractivity contribution in [3.8, 4) is 11.5 Å². The van der Waals surface area contributed by atoms with Gasteiger partial charge < -0.3 is 14.8 Å². The molecule has 1 amide bonds. The molecule has 4 nitrogen and oxygen atoms in total. The molecule has 0 spiro atoms. The normalized spacial score (nSPS) is 10.3. The number of hydrogen-bond acceptors (Lipinski definition) is 3. The summed E-state index contributed by atoms with van der Waals surface area (Å²) in [6, 6.07) is 8.52. The molecule has 1 N–H and O–H groups in total. The molecule has 23 heavy (non-hydrogen) atoms. The SMILES string of the molecule is COc1ccc(CCNC(=O)c2ccc(F)c(F)c2)cc1OC. The molecule has 0 aliphatic heterocycles. The van der Waals surface area contributed by atoms with E-state index in [2.05, 4.69) is 5.32 Å². The maximum atomic E-state index is 13.1. The fourth-order valence-corrected chi connectivity index (χ4v) is 2.10. The molecule has 122 valence electrons. The van der Waals surface area contributed by atoms with Gasteiger partial charge in [0.05, 0.1) is 14.2 Å². The Bertz CT molecular complexity index is 704. The van der Waals surface area contributed by atoms with Gasteiger partial charge in [0.1, 0.15) is 0 Å². The summed E-state index contributed by atoms with van der Waals surface area (Å²) in [6.45, 7) is 0.354. The van der Waals surface area contributed by atoms with Gasteiger partial charge in [0.25, 0.3) is 5.91 Å². The average molecular weight is 321 g/mol. The van der Waals surface area contributed by atoms with E-state index in [0.717, 1.165) is 17.7 Å². The van der Waals surface area contributed by atoms with Crippen LogP contribution in [-0.4, -0.2) is 26.7 Å². The van der Waals surface area contributed by atoms with Crippen LogP contribution in [0.5, 0.6) is 11.5 Å². The summed E-state index contributed by atoms with van der Waals surface area (Å²) in [5.74, 6) is -1.24. The first-order valence-corrected chi connectivity index (χ1v) is 6.99. The molecule has 0 saturated carbocycles. The van der Waals surface area contributed by atoms with Crippen LogP contribution in [0.4, 0.5) is 8.78 Å². The largest absolute Gasteiger partial charge is 0.493 e. The number of benzene rings is 2. The number of ether oxygens (including phenoxy) is 2. The second-order valence-corrected chi connectivity index (χ2v) is 4.82. The third-order valence-electron chi connectivity index (χ3n) is 3.33. The highest BCUT2D eigenvalue weighted by atomic mass is 19.2. The number of halogens is 2. The predicted octanol–water partition coefficient (Wildman–Crippen LogP) is 2.95. The second kappa shape index (κ2) is 7.58. The molecule has 0 saturated heterocycles. The van der Waals surface area contributed by atoms with Gasteiger partial charge in [-0.05, 0) is 42.3 Å². The number of hydrogen-bond donors (Lipinski definition) is 1. The molecular formula is C17H17F2NO3. The molecular weight excluding hydrogens is 304 g/mol. The van der Waals surface area contributed by atoms with Crippen LogP contribution in [0.15, 0.2) is 36.4 Å². The van der Waals surface area contributed by atoms with Crippen LogP contribution in [0.25, 0.3) is 0 Å². The lowest BCUT2D eigenvalue weighted by Gasteiger charge is -2.10. The van der Waals surface area contributed by atoms with Crippen molar-refractivity contribution in [1.29, 1.82) is 0 Å². The third-order valence-corrected chi connectivity index (χ3v) is 3.33. The molecule has 6 heteroatoms. The molecule has 0 fully saturated rings. The first-order chi connectivity index (χ1) is 11.0. The minimum absolute atomic E-state index is 0.0798. The lowest BCUT2D eigenvalue weighted by Crippen LogP contribution is -2.25. The Hall–Kier alpha value is -2.63. The van der Waals surface area contributed by atoms with E-state index >= 15 is 0 Å².